The molecule has 0 aliphatic carbocycles. The molecule has 1 heterocycles. The molecule has 0 aromatic carbocycles. The molecule has 0 saturated carbocycles. The number of nitrogens with zero attached hydrogens (tertiary/aromatic N) is 1. The summed E-state index contributed by atoms with van der Waals surface area (Å²) in [5.74, 6) is 0. The van der Waals surface area contributed by atoms with E-state index in [2.05, 4.69) is 15.3 Å². The van der Waals surface area contributed by atoms with E-state index in [1.807, 2.05) is 6.92 Å². The summed E-state index contributed by atoms with van der Waals surface area (Å²) in [5, 5.41) is 6.92. The van der Waals surface area contributed by atoms with Crippen LogP contribution >= 0.6 is 0 Å². The third-order valence-electron chi connectivity index (χ3n) is 1.65. The molecule has 1 atom stereocenters. The summed E-state index contributed by atoms with van der Waals surface area (Å²) in [4.78, 5) is 4.63. The van der Waals surface area contributed by atoms with E-state index in [0.717, 1.165) is 18.8 Å². The lowest BCUT2D eigenvalue weighted by Crippen LogP contribution is -2.44. The molecule has 58 valence electrons. The fourth-order valence-electron chi connectivity index (χ4n) is 0.991. The third kappa shape index (κ3) is 1.27. The number of rotatable bonds is 1. The van der Waals surface area contributed by atoms with Crippen molar-refractivity contribution in [1.29, 1.82) is 0 Å². The van der Waals surface area contributed by atoms with E-state index in [4.69, 9.17) is 5.73 Å². The van der Waals surface area contributed by atoms with Crippen LogP contribution in [0.2, 0.25) is 0 Å². The molecule has 0 spiro atoms. The summed E-state index contributed by atoms with van der Waals surface area (Å²) in [6.07, 6.45) is 0. The van der Waals surface area contributed by atoms with Gasteiger partial charge in [0, 0.05) is 13.1 Å². The zero-order chi connectivity index (χ0) is 7.61. The van der Waals surface area contributed by atoms with Crippen LogP contribution in [0, 0.1) is 0 Å². The topological polar surface area (TPSA) is 59.6 Å². The number of nitrogens with one attached hydrogen (secondary N) is 1. The van der Waals surface area contributed by atoms with Crippen LogP contribution in [-0.4, -0.2) is 31.4 Å². The molecule has 1 rings (SSSR count). The predicted molar refractivity (Wildman–Crippen MR) is 39.9 cm³/mol. The Morgan fingerprint density at radius 2 is 2.50 bits per heavy atom. The van der Waals surface area contributed by atoms with E-state index in [9.17, 15) is 0 Å². The molecule has 0 radical (unpaired) electrons. The number of nitrogens with two attached hydrogens (primary N) is 1. The van der Waals surface area contributed by atoms with Crippen LogP contribution in [0.25, 0.3) is 0 Å². The van der Waals surface area contributed by atoms with Gasteiger partial charge >= 0.3 is 0 Å². The maximum absolute atomic E-state index is 5.83. The molecule has 1 aliphatic heterocycles. The van der Waals surface area contributed by atoms with E-state index in [-0.39, 0.29) is 5.54 Å². The van der Waals surface area contributed by atoms with Crippen LogP contribution in [-0.2, 0) is 4.84 Å². The summed E-state index contributed by atoms with van der Waals surface area (Å²) in [6, 6.07) is 0. The third-order valence-corrected chi connectivity index (χ3v) is 1.65. The van der Waals surface area contributed by atoms with Crippen molar-refractivity contribution in [1.82, 2.24) is 5.32 Å². The minimum Gasteiger partial charge on any atom is -0.399 e. The normalized spacial score (nSPS) is 36.9. The van der Waals surface area contributed by atoms with Crippen molar-refractivity contribution in [2.75, 3.05) is 20.2 Å². The van der Waals surface area contributed by atoms with Crippen LogP contribution in [0.4, 0.5) is 0 Å². The van der Waals surface area contributed by atoms with E-state index < -0.39 is 0 Å². The summed E-state index contributed by atoms with van der Waals surface area (Å²) in [7, 11) is 1.53. The Morgan fingerprint density at radius 3 is 2.90 bits per heavy atom. The van der Waals surface area contributed by atoms with Crippen molar-refractivity contribution in [3.8, 4) is 0 Å². The average Bonchev–Trinajstić information content (AvgIpc) is 2.13. The molecule has 0 aromatic rings. The van der Waals surface area contributed by atoms with Crippen molar-refractivity contribution >= 4 is 5.71 Å². The summed E-state index contributed by atoms with van der Waals surface area (Å²) in [6.45, 7) is 3.45. The van der Waals surface area contributed by atoms with Gasteiger partial charge in [0.05, 0.1) is 11.3 Å². The first-order chi connectivity index (χ1) is 4.67. The van der Waals surface area contributed by atoms with Crippen LogP contribution in [0.1, 0.15) is 6.92 Å². The monoisotopic (exact) mass is 143 g/mol. The first-order valence-electron chi connectivity index (χ1n) is 3.27. The van der Waals surface area contributed by atoms with E-state index in [1.165, 1.54) is 7.11 Å². The summed E-state index contributed by atoms with van der Waals surface area (Å²) in [5.41, 5.74) is 6.40. The second kappa shape index (κ2) is 2.56. The second-order valence-electron chi connectivity index (χ2n) is 2.74. The molecule has 1 saturated heterocycles. The van der Waals surface area contributed by atoms with Gasteiger partial charge in [0.25, 0.3) is 0 Å². The van der Waals surface area contributed by atoms with Crippen molar-refractivity contribution in [3.63, 3.8) is 0 Å². The highest BCUT2D eigenvalue weighted by atomic mass is 16.6. The molecule has 0 amide bonds. The van der Waals surface area contributed by atoms with Crippen LogP contribution < -0.4 is 11.1 Å². The molecule has 3 N–H and O–H groups in total. The van der Waals surface area contributed by atoms with E-state index >= 15 is 0 Å². The Bertz CT molecular complexity index is 153. The molecular weight excluding hydrogens is 130 g/mol. The van der Waals surface area contributed by atoms with Crippen molar-refractivity contribution < 1.29 is 4.84 Å². The molecule has 0 bridgehead atoms. The Kier molecular flexibility index (Phi) is 1.92. The predicted octanol–water partition coefficient (Wildman–Crippen LogP) is -0.691. The van der Waals surface area contributed by atoms with Gasteiger partial charge in [-0.2, -0.15) is 0 Å². The van der Waals surface area contributed by atoms with Gasteiger partial charge in [-0.05, 0) is 6.92 Å². The summed E-state index contributed by atoms with van der Waals surface area (Å²) >= 11 is 0. The van der Waals surface area contributed by atoms with Crippen molar-refractivity contribution in [2.24, 2.45) is 10.9 Å². The first-order valence-corrected chi connectivity index (χ1v) is 3.27. The molecule has 1 aliphatic rings. The highest BCUT2D eigenvalue weighted by Crippen LogP contribution is 2.06. The fourth-order valence-corrected chi connectivity index (χ4v) is 0.991. The number of hydrogen-bond donors (Lipinski definition) is 2. The maximum atomic E-state index is 5.83. The number of hydrogen-bond acceptors (Lipinski definition) is 4. The largest absolute Gasteiger partial charge is 0.399 e. The van der Waals surface area contributed by atoms with Gasteiger partial charge in [-0.1, -0.05) is 5.16 Å². The SMILES string of the molecule is CON=C1CNCC1(C)N. The van der Waals surface area contributed by atoms with Gasteiger partial charge < -0.3 is 15.9 Å². The van der Waals surface area contributed by atoms with Gasteiger partial charge in [0.15, 0.2) is 0 Å². The zero-order valence-corrected chi connectivity index (χ0v) is 6.35. The Labute approximate surface area is 60.4 Å². The Morgan fingerprint density at radius 1 is 1.80 bits per heavy atom. The quantitative estimate of drug-likeness (QED) is 0.478. The lowest BCUT2D eigenvalue weighted by Gasteiger charge is -2.15. The van der Waals surface area contributed by atoms with Gasteiger partial charge in [-0.25, -0.2) is 0 Å². The highest BCUT2D eigenvalue weighted by Gasteiger charge is 2.31. The second-order valence-corrected chi connectivity index (χ2v) is 2.74. The maximum Gasteiger partial charge on any atom is 0.106 e. The zero-order valence-electron chi connectivity index (χ0n) is 6.35. The van der Waals surface area contributed by atoms with Crippen LogP contribution in [0.5, 0.6) is 0 Å². The van der Waals surface area contributed by atoms with Crippen molar-refractivity contribution in [3.05, 3.63) is 0 Å². The van der Waals surface area contributed by atoms with Crippen LogP contribution in [0.15, 0.2) is 5.16 Å². The molecule has 10 heavy (non-hydrogen) atoms. The standard InChI is InChI=1S/C6H13N3O/c1-6(7)4-8-3-5(6)9-10-2/h8H,3-4,7H2,1-2H3. The fraction of sp³-hybridized carbons (Fsp3) is 0.833. The van der Waals surface area contributed by atoms with Gasteiger partial charge in [0.1, 0.15) is 7.11 Å². The lowest BCUT2D eigenvalue weighted by atomic mass is 10.0. The van der Waals surface area contributed by atoms with Gasteiger partial charge in [0.2, 0.25) is 0 Å². The van der Waals surface area contributed by atoms with Crippen LogP contribution in [0.3, 0.4) is 0 Å². The minimum atomic E-state index is -0.323. The molecule has 0 aromatic heterocycles. The van der Waals surface area contributed by atoms with Gasteiger partial charge in [-0.3, -0.25) is 0 Å². The van der Waals surface area contributed by atoms with Crippen molar-refractivity contribution in [2.45, 2.75) is 12.5 Å². The van der Waals surface area contributed by atoms with E-state index in [1.54, 1.807) is 0 Å². The lowest BCUT2D eigenvalue weighted by molar-refractivity contribution is 0.211. The molecule has 1 fully saturated rings. The highest BCUT2D eigenvalue weighted by molar-refractivity contribution is 5.96. The Hall–Kier alpha value is -0.610. The molecule has 4 heteroatoms. The van der Waals surface area contributed by atoms with E-state index in [0.29, 0.717) is 0 Å². The first kappa shape index (κ1) is 7.50. The minimum absolute atomic E-state index is 0.323. The molecule has 1 unspecified atom stereocenters. The summed E-state index contributed by atoms with van der Waals surface area (Å²) < 4.78 is 0. The van der Waals surface area contributed by atoms with Gasteiger partial charge in [-0.15, -0.1) is 0 Å². The number of oxime groups is 1. The Balaban J connectivity index is 2.68. The smallest absolute Gasteiger partial charge is 0.106 e. The molecular formula is C6H13N3O. The average molecular weight is 143 g/mol. The molecule has 4 nitrogen and oxygen atoms in total.